The van der Waals surface area contributed by atoms with Crippen LogP contribution < -0.4 is 10.0 Å². The van der Waals surface area contributed by atoms with Crippen molar-refractivity contribution in [3.8, 4) is 0 Å². The molecule has 0 bridgehead atoms. The summed E-state index contributed by atoms with van der Waals surface area (Å²) in [5, 5.41) is 2.83. The van der Waals surface area contributed by atoms with Gasteiger partial charge in [0.25, 0.3) is 0 Å². The number of hydrogen-bond donors (Lipinski definition) is 2. The van der Waals surface area contributed by atoms with E-state index in [1.807, 2.05) is 0 Å². The van der Waals surface area contributed by atoms with Gasteiger partial charge in [0.2, 0.25) is 15.9 Å². The molecule has 1 rings (SSSR count). The smallest absolute Gasteiger partial charge is 0.229 e. The molecule has 0 radical (unpaired) electrons. The van der Waals surface area contributed by atoms with Crippen LogP contribution in [0, 0.1) is 5.92 Å². The van der Waals surface area contributed by atoms with Crippen LogP contribution >= 0.6 is 23.2 Å². The van der Waals surface area contributed by atoms with Crippen LogP contribution in [0.25, 0.3) is 0 Å². The van der Waals surface area contributed by atoms with Crippen LogP contribution in [0.4, 0.5) is 11.4 Å². The Kier molecular flexibility index (Phi) is 5.46. The van der Waals surface area contributed by atoms with Crippen LogP contribution in [-0.2, 0) is 14.8 Å². The van der Waals surface area contributed by atoms with E-state index in [9.17, 15) is 13.2 Å². The number of carbonyl (C=O) groups is 1. The molecule has 2 N–H and O–H groups in total. The number of benzene rings is 1. The number of alkyl halides is 1. The molecule has 19 heavy (non-hydrogen) atoms. The van der Waals surface area contributed by atoms with Crippen LogP contribution in [0.1, 0.15) is 6.92 Å². The van der Waals surface area contributed by atoms with Gasteiger partial charge in [-0.25, -0.2) is 8.42 Å². The van der Waals surface area contributed by atoms with Gasteiger partial charge >= 0.3 is 0 Å². The zero-order chi connectivity index (χ0) is 14.6. The molecule has 8 heteroatoms. The molecular weight excluding hydrogens is 311 g/mol. The number of hydrogen-bond acceptors (Lipinski definition) is 3. The first-order chi connectivity index (χ1) is 8.73. The summed E-state index contributed by atoms with van der Waals surface area (Å²) in [5.41, 5.74) is 0.735. The minimum Gasteiger partial charge on any atom is -0.326 e. The third-order valence-corrected chi connectivity index (χ3v) is 3.58. The SMILES string of the molecule is CC(CCl)C(=O)Nc1ccc(NS(C)(=O)=O)c(Cl)c1. The summed E-state index contributed by atoms with van der Waals surface area (Å²) < 4.78 is 24.4. The van der Waals surface area contributed by atoms with E-state index in [0.717, 1.165) is 6.26 Å². The Morgan fingerprint density at radius 3 is 2.53 bits per heavy atom. The second kappa shape index (κ2) is 6.45. The lowest BCUT2D eigenvalue weighted by Crippen LogP contribution is -2.21. The molecule has 0 aromatic heterocycles. The van der Waals surface area contributed by atoms with Gasteiger partial charge in [0, 0.05) is 17.5 Å². The van der Waals surface area contributed by atoms with Crippen molar-refractivity contribution in [2.75, 3.05) is 22.2 Å². The van der Waals surface area contributed by atoms with Gasteiger partial charge in [-0.1, -0.05) is 18.5 Å². The van der Waals surface area contributed by atoms with E-state index in [-0.39, 0.29) is 28.4 Å². The maximum atomic E-state index is 11.6. The van der Waals surface area contributed by atoms with Crippen molar-refractivity contribution in [3.63, 3.8) is 0 Å². The van der Waals surface area contributed by atoms with Crippen molar-refractivity contribution in [3.05, 3.63) is 23.2 Å². The molecule has 1 atom stereocenters. The zero-order valence-corrected chi connectivity index (χ0v) is 12.7. The number of carbonyl (C=O) groups excluding carboxylic acids is 1. The first-order valence-corrected chi connectivity index (χ1v) is 8.17. The normalized spacial score (nSPS) is 12.8. The number of amides is 1. The molecule has 0 aliphatic carbocycles. The van der Waals surface area contributed by atoms with Gasteiger partial charge in [-0.3, -0.25) is 9.52 Å². The lowest BCUT2D eigenvalue weighted by atomic mass is 10.2. The summed E-state index contributed by atoms with van der Waals surface area (Å²) in [5.74, 6) is -0.336. The van der Waals surface area contributed by atoms with Gasteiger partial charge in [-0.2, -0.15) is 0 Å². The van der Waals surface area contributed by atoms with Crippen LogP contribution in [0.2, 0.25) is 5.02 Å². The summed E-state index contributed by atoms with van der Waals surface area (Å²) in [4.78, 5) is 11.6. The van der Waals surface area contributed by atoms with Gasteiger partial charge in [0.05, 0.1) is 17.0 Å². The Hall–Kier alpha value is -0.980. The Labute approximate surface area is 122 Å². The largest absolute Gasteiger partial charge is 0.326 e. The molecule has 0 fully saturated rings. The second-order valence-corrected chi connectivity index (χ2v) is 6.58. The molecule has 0 aliphatic rings. The maximum Gasteiger partial charge on any atom is 0.229 e. The molecule has 106 valence electrons. The quantitative estimate of drug-likeness (QED) is 0.817. The average Bonchev–Trinajstić information content (AvgIpc) is 2.30. The fraction of sp³-hybridized carbons (Fsp3) is 0.364. The average molecular weight is 325 g/mol. The van der Waals surface area contributed by atoms with E-state index in [0.29, 0.717) is 5.69 Å². The van der Waals surface area contributed by atoms with Crippen LogP contribution in [0.5, 0.6) is 0 Å². The fourth-order valence-electron chi connectivity index (χ4n) is 1.21. The highest BCUT2D eigenvalue weighted by Crippen LogP contribution is 2.26. The minimum atomic E-state index is -3.39. The standard InChI is InChI=1S/C11H14Cl2N2O3S/c1-7(6-12)11(16)14-8-3-4-10(9(13)5-8)15-19(2,17)18/h3-5,7,15H,6H2,1-2H3,(H,14,16). The van der Waals surface area contributed by atoms with Crippen molar-refractivity contribution in [2.24, 2.45) is 5.92 Å². The molecular formula is C11H14Cl2N2O3S. The van der Waals surface area contributed by atoms with E-state index >= 15 is 0 Å². The zero-order valence-electron chi connectivity index (χ0n) is 10.4. The molecule has 1 aromatic carbocycles. The Balaban J connectivity index is 2.86. The van der Waals surface area contributed by atoms with Crippen molar-refractivity contribution in [2.45, 2.75) is 6.92 Å². The van der Waals surface area contributed by atoms with E-state index in [2.05, 4.69) is 10.0 Å². The van der Waals surface area contributed by atoms with Crippen LogP contribution in [0.15, 0.2) is 18.2 Å². The highest BCUT2D eigenvalue weighted by Gasteiger charge is 2.13. The monoisotopic (exact) mass is 324 g/mol. The van der Waals surface area contributed by atoms with E-state index in [4.69, 9.17) is 23.2 Å². The maximum absolute atomic E-state index is 11.6. The van der Waals surface area contributed by atoms with Crippen molar-refractivity contribution in [1.29, 1.82) is 0 Å². The number of nitrogens with one attached hydrogen (secondary N) is 2. The first kappa shape index (κ1) is 16.1. The molecule has 1 aromatic rings. The van der Waals surface area contributed by atoms with Gasteiger partial charge in [0.15, 0.2) is 0 Å². The predicted octanol–water partition coefficient (Wildman–Crippen LogP) is 2.52. The molecule has 1 unspecified atom stereocenters. The molecule has 5 nitrogen and oxygen atoms in total. The third-order valence-electron chi connectivity index (χ3n) is 2.21. The van der Waals surface area contributed by atoms with Gasteiger partial charge < -0.3 is 5.32 Å². The van der Waals surface area contributed by atoms with Gasteiger partial charge in [-0.15, -0.1) is 11.6 Å². The van der Waals surface area contributed by atoms with Crippen molar-refractivity contribution >= 4 is 50.5 Å². The lowest BCUT2D eigenvalue weighted by Gasteiger charge is -2.11. The van der Waals surface area contributed by atoms with Gasteiger partial charge in [-0.05, 0) is 18.2 Å². The topological polar surface area (TPSA) is 75.3 Å². The lowest BCUT2D eigenvalue weighted by molar-refractivity contribution is -0.118. The molecule has 0 saturated heterocycles. The fourth-order valence-corrected chi connectivity index (χ4v) is 2.21. The molecule has 0 saturated carbocycles. The van der Waals surface area contributed by atoms with Crippen LogP contribution in [-0.4, -0.2) is 26.5 Å². The number of halogens is 2. The molecule has 1 amide bonds. The summed E-state index contributed by atoms with van der Waals surface area (Å²) in [6, 6.07) is 4.50. The third kappa shape index (κ3) is 5.26. The van der Waals surface area contributed by atoms with E-state index in [1.165, 1.54) is 12.1 Å². The number of sulfonamides is 1. The number of anilines is 2. The van der Waals surface area contributed by atoms with E-state index in [1.54, 1.807) is 13.0 Å². The summed E-state index contributed by atoms with van der Waals surface area (Å²) in [6.45, 7) is 1.70. The Bertz CT molecular complexity index is 575. The highest BCUT2D eigenvalue weighted by atomic mass is 35.5. The molecule has 0 aliphatic heterocycles. The van der Waals surface area contributed by atoms with Gasteiger partial charge in [0.1, 0.15) is 0 Å². The van der Waals surface area contributed by atoms with Crippen LogP contribution in [0.3, 0.4) is 0 Å². The van der Waals surface area contributed by atoms with Crippen molar-refractivity contribution < 1.29 is 13.2 Å². The second-order valence-electron chi connectivity index (χ2n) is 4.11. The van der Waals surface area contributed by atoms with Crippen molar-refractivity contribution in [1.82, 2.24) is 0 Å². The van der Waals surface area contributed by atoms with E-state index < -0.39 is 10.0 Å². The summed E-state index contributed by atoms with van der Waals surface area (Å²) in [6.07, 6.45) is 1.03. The number of rotatable bonds is 5. The predicted molar refractivity (Wildman–Crippen MR) is 78.4 cm³/mol. The molecule has 0 spiro atoms. The minimum absolute atomic E-state index is 0.196. The highest BCUT2D eigenvalue weighted by molar-refractivity contribution is 7.92. The Morgan fingerprint density at radius 2 is 2.05 bits per heavy atom. The summed E-state index contributed by atoms with van der Waals surface area (Å²) in [7, 11) is -3.39. The Morgan fingerprint density at radius 1 is 1.42 bits per heavy atom. The molecule has 0 heterocycles. The summed E-state index contributed by atoms with van der Waals surface area (Å²) >= 11 is 11.5. The first-order valence-electron chi connectivity index (χ1n) is 5.37.